The minimum Gasteiger partial charge on any atom is -0.384 e. The first-order valence-electron chi connectivity index (χ1n) is 7.29. The van der Waals surface area contributed by atoms with Gasteiger partial charge in [0.25, 0.3) is 0 Å². The van der Waals surface area contributed by atoms with Crippen LogP contribution in [0.4, 0.5) is 5.82 Å². The molecule has 2 aliphatic rings. The molecule has 2 N–H and O–H groups in total. The summed E-state index contributed by atoms with van der Waals surface area (Å²) in [7, 11) is -3.42. The normalized spacial score (nSPS) is 28.0. The molecule has 110 valence electrons. The number of aromatic nitrogens is 1. The Bertz CT molecular complexity index is 588. The fourth-order valence-corrected chi connectivity index (χ4v) is 5.06. The lowest BCUT2D eigenvalue weighted by molar-refractivity contribution is 0.136. The summed E-state index contributed by atoms with van der Waals surface area (Å²) in [5.74, 6) is 1.50. The van der Waals surface area contributed by atoms with Gasteiger partial charge in [-0.2, -0.15) is 4.31 Å². The molecule has 1 aliphatic carbocycles. The first-order chi connectivity index (χ1) is 9.57. The highest BCUT2D eigenvalue weighted by molar-refractivity contribution is 7.89. The summed E-state index contributed by atoms with van der Waals surface area (Å²) < 4.78 is 26.9. The maximum Gasteiger partial charge on any atom is 0.243 e. The van der Waals surface area contributed by atoms with Crippen LogP contribution < -0.4 is 5.73 Å². The van der Waals surface area contributed by atoms with E-state index in [-0.39, 0.29) is 10.7 Å². The minimum atomic E-state index is -3.42. The van der Waals surface area contributed by atoms with Gasteiger partial charge < -0.3 is 5.73 Å². The van der Waals surface area contributed by atoms with E-state index in [4.69, 9.17) is 5.73 Å². The van der Waals surface area contributed by atoms with Gasteiger partial charge >= 0.3 is 0 Å². The van der Waals surface area contributed by atoms with E-state index in [0.29, 0.717) is 19.0 Å². The van der Waals surface area contributed by atoms with Gasteiger partial charge in [-0.15, -0.1) is 0 Å². The molecule has 2 atom stereocenters. The lowest BCUT2D eigenvalue weighted by Crippen LogP contribution is -2.44. The van der Waals surface area contributed by atoms with Crippen molar-refractivity contribution in [1.82, 2.24) is 9.29 Å². The van der Waals surface area contributed by atoms with E-state index < -0.39 is 10.0 Å². The summed E-state index contributed by atoms with van der Waals surface area (Å²) in [4.78, 5) is 4.12. The molecular formula is C14H21N3O2S. The van der Waals surface area contributed by atoms with Crippen molar-refractivity contribution in [3.05, 3.63) is 18.3 Å². The molecule has 5 nitrogen and oxygen atoms in total. The average molecular weight is 295 g/mol. The van der Waals surface area contributed by atoms with Gasteiger partial charge in [0, 0.05) is 25.4 Å². The number of nitrogens with two attached hydrogens (primary N) is 1. The standard InChI is InChI=1S/C14H21N3O2S/c15-14-9-13(5-7-16-14)20(18,19)17-8-6-11-3-1-2-4-12(11)10-17/h5,7,9,11-12H,1-4,6,8,10H2,(H2,15,16). The van der Waals surface area contributed by atoms with Crippen LogP contribution in [0.25, 0.3) is 0 Å². The summed E-state index contributed by atoms with van der Waals surface area (Å²) in [5, 5.41) is 0. The first kappa shape index (κ1) is 13.8. The molecule has 2 fully saturated rings. The zero-order valence-electron chi connectivity index (χ0n) is 11.5. The van der Waals surface area contributed by atoms with Crippen LogP contribution >= 0.6 is 0 Å². The molecule has 1 saturated heterocycles. The summed E-state index contributed by atoms with van der Waals surface area (Å²) in [6.07, 6.45) is 7.40. The molecule has 0 spiro atoms. The van der Waals surface area contributed by atoms with Crippen molar-refractivity contribution in [2.45, 2.75) is 37.0 Å². The van der Waals surface area contributed by atoms with Gasteiger partial charge in [0.15, 0.2) is 0 Å². The van der Waals surface area contributed by atoms with Gasteiger partial charge in [-0.05, 0) is 30.7 Å². The van der Waals surface area contributed by atoms with Crippen molar-refractivity contribution in [3.8, 4) is 0 Å². The highest BCUT2D eigenvalue weighted by Crippen LogP contribution is 2.37. The topological polar surface area (TPSA) is 76.3 Å². The Kier molecular flexibility index (Phi) is 3.69. The Balaban J connectivity index is 1.81. The number of hydrogen-bond acceptors (Lipinski definition) is 4. The van der Waals surface area contributed by atoms with Crippen LogP contribution in [0.5, 0.6) is 0 Å². The lowest BCUT2D eigenvalue weighted by Gasteiger charge is -2.40. The Labute approximate surface area is 120 Å². The fraction of sp³-hybridized carbons (Fsp3) is 0.643. The van der Waals surface area contributed by atoms with Crippen LogP contribution in [0, 0.1) is 11.8 Å². The van der Waals surface area contributed by atoms with Crippen LogP contribution in [0.15, 0.2) is 23.2 Å². The van der Waals surface area contributed by atoms with E-state index in [0.717, 1.165) is 18.8 Å². The number of sulfonamides is 1. The quantitative estimate of drug-likeness (QED) is 0.903. The van der Waals surface area contributed by atoms with E-state index in [1.807, 2.05) is 0 Å². The van der Waals surface area contributed by atoms with E-state index in [9.17, 15) is 8.42 Å². The van der Waals surface area contributed by atoms with Gasteiger partial charge in [-0.3, -0.25) is 0 Å². The predicted molar refractivity (Wildman–Crippen MR) is 77.5 cm³/mol. The number of nitrogens with zero attached hydrogens (tertiary/aromatic N) is 2. The Morgan fingerprint density at radius 1 is 1.20 bits per heavy atom. The lowest BCUT2D eigenvalue weighted by atomic mass is 9.76. The number of nitrogen functional groups attached to an aromatic ring is 1. The van der Waals surface area contributed by atoms with Crippen molar-refractivity contribution in [2.75, 3.05) is 18.8 Å². The van der Waals surface area contributed by atoms with E-state index in [2.05, 4.69) is 4.98 Å². The Morgan fingerprint density at radius 2 is 1.95 bits per heavy atom. The molecule has 2 heterocycles. The number of fused-ring (bicyclic) bond motifs is 1. The Morgan fingerprint density at radius 3 is 2.70 bits per heavy atom. The van der Waals surface area contributed by atoms with Gasteiger partial charge in [0.05, 0.1) is 4.90 Å². The number of pyridine rings is 1. The zero-order valence-corrected chi connectivity index (χ0v) is 12.3. The molecule has 0 amide bonds. The number of piperidine rings is 1. The molecule has 1 aliphatic heterocycles. The number of anilines is 1. The molecule has 2 unspecified atom stereocenters. The monoisotopic (exact) mass is 295 g/mol. The summed E-state index contributed by atoms with van der Waals surface area (Å²) in [6, 6.07) is 2.97. The van der Waals surface area contributed by atoms with E-state index in [1.54, 1.807) is 4.31 Å². The van der Waals surface area contributed by atoms with E-state index >= 15 is 0 Å². The maximum atomic E-state index is 12.7. The SMILES string of the molecule is Nc1cc(S(=O)(=O)N2CCC3CCCCC3C2)ccn1. The Hall–Kier alpha value is -1.14. The van der Waals surface area contributed by atoms with Crippen LogP contribution in [0.1, 0.15) is 32.1 Å². The largest absolute Gasteiger partial charge is 0.384 e. The summed E-state index contributed by atoms with van der Waals surface area (Å²) >= 11 is 0. The molecule has 0 bridgehead atoms. The van der Waals surface area contributed by atoms with Crippen LogP contribution in [0.2, 0.25) is 0 Å². The molecule has 20 heavy (non-hydrogen) atoms. The second-order valence-electron chi connectivity index (χ2n) is 5.87. The van der Waals surface area contributed by atoms with Gasteiger partial charge in [-0.1, -0.05) is 19.3 Å². The molecule has 3 rings (SSSR count). The van der Waals surface area contributed by atoms with Gasteiger partial charge in [0.1, 0.15) is 5.82 Å². The third-order valence-corrected chi connectivity index (χ3v) is 6.51. The van der Waals surface area contributed by atoms with Crippen molar-refractivity contribution in [1.29, 1.82) is 0 Å². The third kappa shape index (κ3) is 2.54. The molecular weight excluding hydrogens is 274 g/mol. The molecule has 1 aromatic heterocycles. The van der Waals surface area contributed by atoms with Crippen LogP contribution in [-0.4, -0.2) is 30.8 Å². The number of rotatable bonds is 2. The summed E-state index contributed by atoms with van der Waals surface area (Å²) in [5.41, 5.74) is 5.60. The van der Waals surface area contributed by atoms with Crippen molar-refractivity contribution in [3.63, 3.8) is 0 Å². The van der Waals surface area contributed by atoms with Crippen molar-refractivity contribution < 1.29 is 8.42 Å². The van der Waals surface area contributed by atoms with Gasteiger partial charge in [-0.25, -0.2) is 13.4 Å². The smallest absolute Gasteiger partial charge is 0.243 e. The second-order valence-corrected chi connectivity index (χ2v) is 7.81. The predicted octanol–water partition coefficient (Wildman–Crippen LogP) is 1.86. The van der Waals surface area contributed by atoms with E-state index in [1.165, 1.54) is 37.6 Å². The molecule has 6 heteroatoms. The molecule has 1 aromatic rings. The third-order valence-electron chi connectivity index (χ3n) is 4.64. The first-order valence-corrected chi connectivity index (χ1v) is 8.73. The summed E-state index contributed by atoms with van der Waals surface area (Å²) in [6.45, 7) is 1.29. The average Bonchev–Trinajstić information content (AvgIpc) is 2.46. The number of hydrogen-bond donors (Lipinski definition) is 1. The zero-order chi connectivity index (χ0) is 14.2. The van der Waals surface area contributed by atoms with Gasteiger partial charge in [0.2, 0.25) is 10.0 Å². The van der Waals surface area contributed by atoms with Crippen LogP contribution in [0.3, 0.4) is 0 Å². The second kappa shape index (κ2) is 5.33. The fourth-order valence-electron chi connectivity index (χ4n) is 3.52. The minimum absolute atomic E-state index is 0.249. The van der Waals surface area contributed by atoms with Crippen molar-refractivity contribution >= 4 is 15.8 Å². The molecule has 1 saturated carbocycles. The highest BCUT2D eigenvalue weighted by Gasteiger charge is 2.36. The van der Waals surface area contributed by atoms with Crippen LogP contribution in [-0.2, 0) is 10.0 Å². The maximum absolute atomic E-state index is 12.7. The van der Waals surface area contributed by atoms with Crippen molar-refractivity contribution in [2.24, 2.45) is 11.8 Å². The molecule has 0 radical (unpaired) electrons. The molecule has 0 aromatic carbocycles. The highest BCUT2D eigenvalue weighted by atomic mass is 32.2.